The number of carbonyl (C=O) groups is 2. The highest BCUT2D eigenvalue weighted by Gasteiger charge is 2.33. The van der Waals surface area contributed by atoms with E-state index in [1.165, 1.54) is 12.2 Å². The molecule has 274 valence electrons. The van der Waals surface area contributed by atoms with E-state index in [2.05, 4.69) is 41.5 Å². The van der Waals surface area contributed by atoms with Gasteiger partial charge in [0.05, 0.1) is 7.11 Å². The Kier molecular flexibility index (Phi) is 13.1. The van der Waals surface area contributed by atoms with Crippen LogP contribution in [0.4, 0.5) is 0 Å². The van der Waals surface area contributed by atoms with Crippen molar-refractivity contribution in [2.24, 2.45) is 10.8 Å². The molecule has 49 heavy (non-hydrogen) atoms. The Bertz CT molecular complexity index is 1500. The maximum Gasteiger partial charge on any atom is 0.182 e. The molecule has 3 rings (SSSR count). The number of hydrogen-bond donors (Lipinski definition) is 3. The third-order valence-electron chi connectivity index (χ3n) is 8.36. The number of phenolic OH excluding ortho intramolecular Hbond substituents is 3. The van der Waals surface area contributed by atoms with E-state index in [9.17, 15) is 24.9 Å². The van der Waals surface area contributed by atoms with E-state index in [0.29, 0.717) is 16.9 Å². The number of carbonyl (C=O) groups excluding carboxylic acids is 2. The van der Waals surface area contributed by atoms with Crippen molar-refractivity contribution < 1.29 is 29.6 Å². The second-order valence-corrected chi connectivity index (χ2v) is 19.3. The van der Waals surface area contributed by atoms with Gasteiger partial charge in [-0.2, -0.15) is 0 Å². The predicted molar refractivity (Wildman–Crippen MR) is 204 cm³/mol. The minimum atomic E-state index is -0.271. The highest BCUT2D eigenvalue weighted by molar-refractivity contribution is 6.20. The molecular weight excluding hydrogens is 612 g/mol. The number of ether oxygens (including phenoxy) is 1. The number of rotatable bonds is 1. The Hall–Kier alpha value is -3.54. The van der Waals surface area contributed by atoms with Gasteiger partial charge >= 0.3 is 0 Å². The van der Waals surface area contributed by atoms with E-state index in [1.807, 2.05) is 95.2 Å². The summed E-state index contributed by atoms with van der Waals surface area (Å²) in [6, 6.07) is 7.14. The number of aromatic hydroxyl groups is 3. The Labute approximate surface area is 297 Å². The van der Waals surface area contributed by atoms with Crippen LogP contribution >= 0.6 is 0 Å². The molecule has 3 N–H and O–H groups in total. The molecule has 2 aromatic carbocycles. The summed E-state index contributed by atoms with van der Waals surface area (Å²) in [5, 5.41) is 30.2. The summed E-state index contributed by atoms with van der Waals surface area (Å²) < 4.78 is 5.45. The van der Waals surface area contributed by atoms with E-state index >= 15 is 0 Å². The molecule has 0 amide bonds. The molecular formula is C43H66O6. The summed E-state index contributed by atoms with van der Waals surface area (Å²) in [4.78, 5) is 23.9. The second kappa shape index (κ2) is 14.7. The minimum absolute atomic E-state index is 0.0305. The summed E-state index contributed by atoms with van der Waals surface area (Å²) in [7, 11) is 1.67. The number of allylic oxidation sites excluding steroid dienone is 4. The lowest BCUT2D eigenvalue weighted by atomic mass is 9.75. The third-order valence-corrected chi connectivity index (χ3v) is 8.36. The fraction of sp³-hybridized carbons (Fsp3) is 0.581. The lowest BCUT2D eigenvalue weighted by molar-refractivity contribution is -0.116. The van der Waals surface area contributed by atoms with E-state index in [4.69, 9.17) is 4.74 Å². The molecule has 0 saturated heterocycles. The van der Waals surface area contributed by atoms with Crippen LogP contribution in [0.3, 0.4) is 0 Å². The monoisotopic (exact) mass is 678 g/mol. The van der Waals surface area contributed by atoms with Gasteiger partial charge in [0.1, 0.15) is 23.0 Å². The molecule has 0 aliphatic heterocycles. The Morgan fingerprint density at radius 3 is 0.878 bits per heavy atom. The topological polar surface area (TPSA) is 104 Å². The molecule has 0 spiro atoms. The van der Waals surface area contributed by atoms with Gasteiger partial charge in [-0.15, -0.1) is 0 Å². The zero-order valence-electron chi connectivity index (χ0n) is 34.0. The predicted octanol–water partition coefficient (Wildman–Crippen LogP) is 10.8. The standard InChI is InChI=1S/C15H24O2.C14H22O2.C14H20O2/c1-14(2,3)10-9-13(17-7)11(8-12(10)16)15(4,5)6;2*1-13(2,3)9-7-12(16)10(8-11(9)15)14(4,5)6/h8-9,16H,1-7H3;7-8,15-16H,1-6H3;7-8H,1-6H3. The zero-order chi connectivity index (χ0) is 38.9. The van der Waals surface area contributed by atoms with Gasteiger partial charge in [0, 0.05) is 33.4 Å². The highest BCUT2D eigenvalue weighted by Crippen LogP contribution is 2.41. The first-order valence-electron chi connectivity index (χ1n) is 17.2. The first-order valence-corrected chi connectivity index (χ1v) is 17.2. The zero-order valence-corrected chi connectivity index (χ0v) is 34.0. The van der Waals surface area contributed by atoms with E-state index in [1.54, 1.807) is 19.2 Å². The van der Waals surface area contributed by atoms with Crippen LogP contribution in [0.5, 0.6) is 23.0 Å². The molecule has 1 aliphatic rings. The summed E-state index contributed by atoms with van der Waals surface area (Å²) >= 11 is 0. The maximum absolute atomic E-state index is 11.9. The van der Waals surface area contributed by atoms with Crippen LogP contribution in [-0.2, 0) is 31.2 Å². The molecule has 0 bridgehead atoms. The van der Waals surface area contributed by atoms with Gasteiger partial charge in [0.2, 0.25) is 0 Å². The molecule has 6 nitrogen and oxygen atoms in total. The fourth-order valence-electron chi connectivity index (χ4n) is 5.43. The highest BCUT2D eigenvalue weighted by atomic mass is 16.5. The van der Waals surface area contributed by atoms with E-state index in [0.717, 1.165) is 28.0 Å². The average molecular weight is 679 g/mol. The summed E-state index contributed by atoms with van der Waals surface area (Å²) in [5.74, 6) is 1.66. The molecule has 0 heterocycles. The normalized spacial score (nSPS) is 14.6. The van der Waals surface area contributed by atoms with Crippen LogP contribution in [0.15, 0.2) is 47.6 Å². The van der Waals surface area contributed by atoms with Crippen molar-refractivity contribution in [3.8, 4) is 23.0 Å². The molecule has 2 aromatic rings. The lowest BCUT2D eigenvalue weighted by Gasteiger charge is -2.28. The Morgan fingerprint density at radius 2 is 0.653 bits per heavy atom. The fourth-order valence-corrected chi connectivity index (χ4v) is 5.43. The molecule has 0 unspecified atom stereocenters. The van der Waals surface area contributed by atoms with Gasteiger partial charge in [0.15, 0.2) is 11.6 Å². The molecule has 0 fully saturated rings. The van der Waals surface area contributed by atoms with Gasteiger partial charge in [-0.25, -0.2) is 0 Å². The van der Waals surface area contributed by atoms with Gasteiger partial charge < -0.3 is 20.1 Å². The van der Waals surface area contributed by atoms with Crippen LogP contribution < -0.4 is 4.74 Å². The first-order chi connectivity index (χ1) is 21.6. The largest absolute Gasteiger partial charge is 0.508 e. The molecule has 0 radical (unpaired) electrons. The van der Waals surface area contributed by atoms with Crippen molar-refractivity contribution in [1.82, 2.24) is 0 Å². The van der Waals surface area contributed by atoms with Gasteiger partial charge in [-0.1, -0.05) is 125 Å². The quantitative estimate of drug-likeness (QED) is 0.205. The summed E-state index contributed by atoms with van der Waals surface area (Å²) in [6.45, 7) is 36.3. The lowest BCUT2D eigenvalue weighted by Crippen LogP contribution is -2.27. The van der Waals surface area contributed by atoms with Gasteiger partial charge in [-0.3, -0.25) is 9.59 Å². The number of ketones is 2. The van der Waals surface area contributed by atoms with Crippen molar-refractivity contribution in [2.45, 2.75) is 146 Å². The third kappa shape index (κ3) is 11.8. The van der Waals surface area contributed by atoms with Gasteiger partial charge in [0.25, 0.3) is 0 Å². The summed E-state index contributed by atoms with van der Waals surface area (Å²) in [5.41, 5.74) is 3.70. The molecule has 1 aliphatic carbocycles. The Morgan fingerprint density at radius 1 is 0.408 bits per heavy atom. The smallest absolute Gasteiger partial charge is 0.182 e. The van der Waals surface area contributed by atoms with Crippen molar-refractivity contribution >= 4 is 11.6 Å². The molecule has 0 atom stereocenters. The van der Waals surface area contributed by atoms with Crippen LogP contribution in [0.25, 0.3) is 0 Å². The van der Waals surface area contributed by atoms with Crippen molar-refractivity contribution in [2.75, 3.05) is 7.11 Å². The molecule has 6 heteroatoms. The number of phenols is 3. The summed E-state index contributed by atoms with van der Waals surface area (Å²) in [6.07, 6.45) is 3.01. The van der Waals surface area contributed by atoms with E-state index in [-0.39, 0.29) is 55.6 Å². The van der Waals surface area contributed by atoms with Crippen molar-refractivity contribution in [3.05, 3.63) is 69.8 Å². The van der Waals surface area contributed by atoms with Crippen molar-refractivity contribution in [3.63, 3.8) is 0 Å². The van der Waals surface area contributed by atoms with E-state index < -0.39 is 0 Å². The SMILES string of the molecule is CC(C)(C)C1=CC(=O)C(C(C)(C)C)=CC1=O.CC(C)(C)c1cc(O)c(C(C)(C)C)cc1O.COc1cc(C(C)(C)C)c(O)cc1C(C)(C)C. The number of benzene rings is 2. The van der Waals surface area contributed by atoms with Crippen LogP contribution in [0.2, 0.25) is 0 Å². The van der Waals surface area contributed by atoms with Crippen LogP contribution in [0.1, 0.15) is 147 Å². The first kappa shape index (κ1) is 43.5. The minimum Gasteiger partial charge on any atom is -0.508 e. The van der Waals surface area contributed by atoms with Crippen molar-refractivity contribution in [1.29, 1.82) is 0 Å². The number of hydrogen-bond acceptors (Lipinski definition) is 6. The number of methoxy groups -OCH3 is 1. The Balaban J connectivity index is 0.000000368. The molecule has 0 saturated carbocycles. The van der Waals surface area contributed by atoms with Gasteiger partial charge in [-0.05, 0) is 68.9 Å². The van der Waals surface area contributed by atoms with Crippen LogP contribution in [-0.4, -0.2) is 34.0 Å². The molecule has 0 aromatic heterocycles. The second-order valence-electron chi connectivity index (χ2n) is 19.3. The average Bonchev–Trinajstić information content (AvgIpc) is 2.87. The van der Waals surface area contributed by atoms with Crippen LogP contribution in [0, 0.1) is 10.8 Å². The maximum atomic E-state index is 11.9.